The molecule has 3 nitrogen and oxygen atoms in total. The van der Waals surface area contributed by atoms with E-state index < -0.39 is 5.43 Å². The van der Waals surface area contributed by atoms with Gasteiger partial charge >= 0.3 is 0 Å². The minimum absolute atomic E-state index is 0.191. The molecule has 1 rings (SSSR count). The molecule has 12 heavy (non-hydrogen) atoms. The fraction of sp³-hybridized carbons (Fsp3) is 0.556. The minimum Gasteiger partial charge on any atom is -0.395 e. The largest absolute Gasteiger partial charge is 0.395 e. The van der Waals surface area contributed by atoms with E-state index in [0.29, 0.717) is 12.0 Å². The summed E-state index contributed by atoms with van der Waals surface area (Å²) in [5, 5.41) is 0. The number of rotatable bonds is 4. The van der Waals surface area contributed by atoms with Crippen molar-refractivity contribution in [3.05, 3.63) is 26.0 Å². The van der Waals surface area contributed by atoms with E-state index in [2.05, 4.69) is 6.92 Å². The Balaban J connectivity index is 2.55. The van der Waals surface area contributed by atoms with E-state index in [9.17, 15) is 9.59 Å². The third-order valence-electron chi connectivity index (χ3n) is 2.08. The molecule has 0 bridgehead atoms. The van der Waals surface area contributed by atoms with E-state index in [1.165, 1.54) is 0 Å². The van der Waals surface area contributed by atoms with Crippen LogP contribution >= 0.6 is 0 Å². The van der Waals surface area contributed by atoms with Gasteiger partial charge in [0.25, 0.3) is 0 Å². The van der Waals surface area contributed by atoms with Gasteiger partial charge in [0.1, 0.15) is 0 Å². The molecule has 1 aromatic carbocycles. The molecule has 0 aromatic heterocycles. The summed E-state index contributed by atoms with van der Waals surface area (Å²) in [5.41, 5.74) is 5.22. The fourth-order valence-corrected chi connectivity index (χ4v) is 1.26. The Morgan fingerprint density at radius 3 is 2.33 bits per heavy atom. The lowest BCUT2D eigenvalue weighted by atomic mass is 10.0. The average Bonchev–Trinajstić information content (AvgIpc) is 2.11. The number of nitrogen functional groups attached to an aromatic ring is 1. The Bertz CT molecular complexity index is 334. The van der Waals surface area contributed by atoms with Crippen LogP contribution in [0.2, 0.25) is 0 Å². The van der Waals surface area contributed by atoms with Crippen LogP contribution in [-0.2, 0) is 6.42 Å². The first-order valence-corrected chi connectivity index (χ1v) is 4.26. The molecule has 0 heterocycles. The zero-order chi connectivity index (χ0) is 9.14. The second-order valence-electron chi connectivity index (χ2n) is 3.01. The van der Waals surface area contributed by atoms with Gasteiger partial charge in [-0.15, -0.1) is 0 Å². The van der Waals surface area contributed by atoms with Gasteiger partial charge in [-0.25, -0.2) is 0 Å². The first-order chi connectivity index (χ1) is 5.68. The van der Waals surface area contributed by atoms with Crippen molar-refractivity contribution in [2.24, 2.45) is 0 Å². The van der Waals surface area contributed by atoms with Crippen molar-refractivity contribution in [3.8, 4) is 0 Å². The Kier molecular flexibility index (Phi) is 2.63. The molecule has 1 aromatic rings. The highest BCUT2D eigenvalue weighted by atomic mass is 16.2. The third kappa shape index (κ3) is 1.40. The minimum atomic E-state index is -0.499. The smallest absolute Gasteiger partial charge is 0.249 e. The first-order valence-electron chi connectivity index (χ1n) is 4.26. The fourth-order valence-electron chi connectivity index (χ4n) is 1.26. The molecule has 0 aliphatic carbocycles. The Morgan fingerprint density at radius 2 is 1.83 bits per heavy atom. The van der Waals surface area contributed by atoms with Crippen molar-refractivity contribution >= 4 is 5.69 Å². The molecule has 0 radical (unpaired) electrons. The Hall–Kier alpha value is -1.12. The van der Waals surface area contributed by atoms with Crippen molar-refractivity contribution in [1.29, 1.82) is 0 Å². The molecular formula is C9H13NO2. The second kappa shape index (κ2) is 3.52. The quantitative estimate of drug-likeness (QED) is 0.527. The highest BCUT2D eigenvalue weighted by Gasteiger charge is 2.16. The van der Waals surface area contributed by atoms with E-state index in [1.807, 2.05) is 0 Å². The first kappa shape index (κ1) is 8.97. The van der Waals surface area contributed by atoms with Gasteiger partial charge in [-0.1, -0.05) is 19.8 Å². The summed E-state index contributed by atoms with van der Waals surface area (Å²) in [6.07, 6.45) is 3.81. The van der Waals surface area contributed by atoms with E-state index in [1.54, 1.807) is 0 Å². The molecule has 0 aliphatic heterocycles. The van der Waals surface area contributed by atoms with Gasteiger partial charge in [0.15, 0.2) is 0 Å². The van der Waals surface area contributed by atoms with Crippen LogP contribution in [0.1, 0.15) is 31.7 Å². The maximum atomic E-state index is 10.9. The zero-order valence-electron chi connectivity index (χ0n) is 7.22. The normalized spacial score (nSPS) is 10.8. The SMILES string of the molecule is CCCCCc1c(N)c(=O)c1=O. The van der Waals surface area contributed by atoms with Gasteiger partial charge in [0, 0.05) is 5.56 Å². The molecule has 0 aliphatic rings. The number of anilines is 1. The maximum absolute atomic E-state index is 10.9. The summed E-state index contributed by atoms with van der Waals surface area (Å²) in [6, 6.07) is 0. The molecular weight excluding hydrogens is 154 g/mol. The number of unbranched alkanes of at least 4 members (excludes halogenated alkanes) is 2. The van der Waals surface area contributed by atoms with Crippen molar-refractivity contribution in [2.45, 2.75) is 32.6 Å². The summed E-state index contributed by atoms with van der Waals surface area (Å²) < 4.78 is 0. The lowest BCUT2D eigenvalue weighted by Gasteiger charge is -2.04. The van der Waals surface area contributed by atoms with Crippen LogP contribution in [0.4, 0.5) is 5.69 Å². The van der Waals surface area contributed by atoms with Crippen LogP contribution in [-0.4, -0.2) is 0 Å². The zero-order valence-corrected chi connectivity index (χ0v) is 7.22. The van der Waals surface area contributed by atoms with Gasteiger partial charge in [-0.3, -0.25) is 9.59 Å². The molecule has 66 valence electrons. The topological polar surface area (TPSA) is 60.2 Å². The van der Waals surface area contributed by atoms with Crippen molar-refractivity contribution < 1.29 is 0 Å². The number of hydrogen-bond donors (Lipinski definition) is 1. The van der Waals surface area contributed by atoms with Crippen LogP contribution in [0, 0.1) is 0 Å². The van der Waals surface area contributed by atoms with Crippen LogP contribution < -0.4 is 16.6 Å². The van der Waals surface area contributed by atoms with Crippen molar-refractivity contribution in [1.82, 2.24) is 0 Å². The van der Waals surface area contributed by atoms with E-state index in [4.69, 9.17) is 5.73 Å². The molecule has 0 saturated heterocycles. The van der Waals surface area contributed by atoms with E-state index in [0.717, 1.165) is 19.3 Å². The highest BCUT2D eigenvalue weighted by Crippen LogP contribution is 2.07. The molecule has 0 atom stereocenters. The maximum Gasteiger partial charge on any atom is 0.249 e. The molecule has 0 amide bonds. The van der Waals surface area contributed by atoms with Crippen molar-refractivity contribution in [3.63, 3.8) is 0 Å². The van der Waals surface area contributed by atoms with E-state index >= 15 is 0 Å². The lowest BCUT2D eigenvalue weighted by Crippen LogP contribution is -2.38. The summed E-state index contributed by atoms with van der Waals surface area (Å²) in [7, 11) is 0. The van der Waals surface area contributed by atoms with Gasteiger partial charge in [0.05, 0.1) is 5.69 Å². The van der Waals surface area contributed by atoms with Crippen LogP contribution in [0.15, 0.2) is 9.59 Å². The molecule has 0 spiro atoms. The third-order valence-corrected chi connectivity index (χ3v) is 2.08. The van der Waals surface area contributed by atoms with E-state index in [-0.39, 0.29) is 11.1 Å². The number of hydrogen-bond acceptors (Lipinski definition) is 3. The summed E-state index contributed by atoms with van der Waals surface area (Å²) in [5.74, 6) is 0. The summed E-state index contributed by atoms with van der Waals surface area (Å²) >= 11 is 0. The predicted octanol–water partition coefficient (Wildman–Crippen LogP) is 0.598. The molecule has 0 saturated carbocycles. The average molecular weight is 167 g/mol. The number of nitrogens with two attached hydrogens (primary N) is 1. The highest BCUT2D eigenvalue weighted by molar-refractivity contribution is 5.52. The van der Waals surface area contributed by atoms with Crippen molar-refractivity contribution in [2.75, 3.05) is 5.73 Å². The Morgan fingerprint density at radius 1 is 1.17 bits per heavy atom. The molecule has 0 unspecified atom stereocenters. The van der Waals surface area contributed by atoms with Crippen LogP contribution in [0.3, 0.4) is 0 Å². The van der Waals surface area contributed by atoms with Gasteiger partial charge in [-0.05, 0) is 12.8 Å². The predicted molar refractivity (Wildman–Crippen MR) is 49.0 cm³/mol. The van der Waals surface area contributed by atoms with Gasteiger partial charge in [-0.2, -0.15) is 0 Å². The van der Waals surface area contributed by atoms with Crippen LogP contribution in [0.25, 0.3) is 0 Å². The second-order valence-corrected chi connectivity index (χ2v) is 3.01. The summed E-state index contributed by atoms with van der Waals surface area (Å²) in [6.45, 7) is 2.09. The van der Waals surface area contributed by atoms with Gasteiger partial charge in [0.2, 0.25) is 10.9 Å². The monoisotopic (exact) mass is 167 g/mol. The molecule has 0 fully saturated rings. The standard InChI is InChI=1S/C9H13NO2/c1-2-3-4-5-6-7(10)9(12)8(6)11/h2-5,10H2,1H3. The van der Waals surface area contributed by atoms with Crippen LogP contribution in [0.5, 0.6) is 0 Å². The molecule has 2 N–H and O–H groups in total. The lowest BCUT2D eigenvalue weighted by molar-refractivity contribution is 0.713. The molecule has 3 heteroatoms. The van der Waals surface area contributed by atoms with Gasteiger partial charge < -0.3 is 5.73 Å². The Labute approximate surface area is 70.9 Å². The summed E-state index contributed by atoms with van der Waals surface area (Å²) in [4.78, 5) is 21.6.